The van der Waals surface area contributed by atoms with E-state index in [0.29, 0.717) is 6.54 Å². The van der Waals surface area contributed by atoms with Gasteiger partial charge in [-0.25, -0.2) is 4.98 Å². The molecule has 2 heterocycles. The van der Waals surface area contributed by atoms with Crippen LogP contribution in [-0.4, -0.2) is 52.3 Å². The number of rotatable bonds is 5. The van der Waals surface area contributed by atoms with Gasteiger partial charge in [0.1, 0.15) is 0 Å². The standard InChI is InChI=1S/C14H24N4OS/c1-17-9-5-3-4-6-12(17)13(19)15-8-11-20-14-16-7-10-18(14)2/h7,10,12H,3-6,8-9,11H2,1-2H3,(H,15,19). The zero-order valence-electron chi connectivity index (χ0n) is 12.3. The molecule has 1 aliphatic heterocycles. The van der Waals surface area contributed by atoms with Crippen LogP contribution < -0.4 is 5.32 Å². The number of hydrogen-bond donors (Lipinski definition) is 1. The lowest BCUT2D eigenvalue weighted by Crippen LogP contribution is -2.45. The molecule has 1 aromatic heterocycles. The van der Waals surface area contributed by atoms with Crippen molar-refractivity contribution in [2.45, 2.75) is 36.9 Å². The molecule has 1 fully saturated rings. The lowest BCUT2D eigenvalue weighted by atomic mass is 10.1. The number of carbonyl (C=O) groups excluding carboxylic acids is 1. The lowest BCUT2D eigenvalue weighted by molar-refractivity contribution is -0.125. The van der Waals surface area contributed by atoms with E-state index in [-0.39, 0.29) is 11.9 Å². The average molecular weight is 296 g/mol. The predicted octanol–water partition coefficient (Wildman–Crippen LogP) is 1.50. The van der Waals surface area contributed by atoms with Gasteiger partial charge in [0.25, 0.3) is 0 Å². The monoisotopic (exact) mass is 296 g/mol. The number of carbonyl (C=O) groups is 1. The molecule has 1 amide bonds. The molecule has 20 heavy (non-hydrogen) atoms. The van der Waals surface area contributed by atoms with E-state index in [4.69, 9.17) is 0 Å². The highest BCUT2D eigenvalue weighted by atomic mass is 32.2. The van der Waals surface area contributed by atoms with Gasteiger partial charge in [0.2, 0.25) is 5.91 Å². The number of hydrogen-bond acceptors (Lipinski definition) is 4. The van der Waals surface area contributed by atoms with E-state index in [1.54, 1.807) is 18.0 Å². The minimum Gasteiger partial charge on any atom is -0.354 e. The first-order valence-electron chi connectivity index (χ1n) is 7.26. The van der Waals surface area contributed by atoms with Gasteiger partial charge in [0.15, 0.2) is 5.16 Å². The molecule has 1 saturated heterocycles. The summed E-state index contributed by atoms with van der Waals surface area (Å²) in [5.74, 6) is 1.03. The smallest absolute Gasteiger partial charge is 0.237 e. The fourth-order valence-electron chi connectivity index (χ4n) is 2.51. The van der Waals surface area contributed by atoms with Gasteiger partial charge in [-0.05, 0) is 26.4 Å². The zero-order valence-corrected chi connectivity index (χ0v) is 13.2. The van der Waals surface area contributed by atoms with Crippen LogP contribution in [0.2, 0.25) is 0 Å². The maximum atomic E-state index is 12.2. The van der Waals surface area contributed by atoms with Crippen LogP contribution in [0.4, 0.5) is 0 Å². The molecule has 0 aliphatic carbocycles. The summed E-state index contributed by atoms with van der Waals surface area (Å²) >= 11 is 1.67. The maximum absolute atomic E-state index is 12.2. The van der Waals surface area contributed by atoms with E-state index in [0.717, 1.165) is 30.3 Å². The summed E-state index contributed by atoms with van der Waals surface area (Å²) in [4.78, 5) is 18.6. The second kappa shape index (κ2) is 7.69. The van der Waals surface area contributed by atoms with E-state index in [9.17, 15) is 4.79 Å². The van der Waals surface area contributed by atoms with Crippen LogP contribution in [0, 0.1) is 0 Å². The molecule has 0 spiro atoms. The lowest BCUT2D eigenvalue weighted by Gasteiger charge is -2.24. The molecule has 1 unspecified atom stereocenters. The van der Waals surface area contributed by atoms with Gasteiger partial charge in [-0.3, -0.25) is 9.69 Å². The highest BCUT2D eigenvalue weighted by Crippen LogP contribution is 2.16. The number of imidazole rings is 1. The molecule has 1 aliphatic rings. The third kappa shape index (κ3) is 4.24. The van der Waals surface area contributed by atoms with E-state index in [1.165, 1.54) is 12.8 Å². The molecule has 112 valence electrons. The quantitative estimate of drug-likeness (QED) is 0.661. The average Bonchev–Trinajstić information content (AvgIpc) is 2.70. The normalized spacial score (nSPS) is 20.6. The van der Waals surface area contributed by atoms with E-state index in [1.807, 2.05) is 17.8 Å². The fraction of sp³-hybridized carbons (Fsp3) is 0.714. The topological polar surface area (TPSA) is 50.2 Å². The van der Waals surface area contributed by atoms with E-state index < -0.39 is 0 Å². The molecule has 1 N–H and O–H groups in total. The van der Waals surface area contributed by atoms with Crippen molar-refractivity contribution in [2.24, 2.45) is 7.05 Å². The molecule has 0 saturated carbocycles. The predicted molar refractivity (Wildman–Crippen MR) is 81.8 cm³/mol. The van der Waals surface area contributed by atoms with Crippen molar-refractivity contribution < 1.29 is 4.79 Å². The first kappa shape index (κ1) is 15.4. The minimum atomic E-state index is 0.0515. The Kier molecular flexibility index (Phi) is 5.91. The van der Waals surface area contributed by atoms with E-state index >= 15 is 0 Å². The molecular weight excluding hydrogens is 272 g/mol. The number of amides is 1. The van der Waals surface area contributed by atoms with Crippen LogP contribution in [0.25, 0.3) is 0 Å². The summed E-state index contributed by atoms with van der Waals surface area (Å²) in [6.45, 7) is 1.72. The molecule has 1 atom stereocenters. The van der Waals surface area contributed by atoms with Gasteiger partial charge in [-0.15, -0.1) is 0 Å². The molecule has 0 bridgehead atoms. The Balaban J connectivity index is 1.70. The van der Waals surface area contributed by atoms with Crippen LogP contribution in [-0.2, 0) is 11.8 Å². The van der Waals surface area contributed by atoms with Crippen LogP contribution >= 0.6 is 11.8 Å². The second-order valence-electron chi connectivity index (χ2n) is 5.31. The minimum absolute atomic E-state index is 0.0515. The Bertz CT molecular complexity index is 435. The van der Waals surface area contributed by atoms with Crippen molar-refractivity contribution in [3.8, 4) is 0 Å². The van der Waals surface area contributed by atoms with Crippen molar-refractivity contribution in [1.82, 2.24) is 19.8 Å². The Labute approximate surface area is 125 Å². The zero-order chi connectivity index (χ0) is 14.4. The molecule has 0 radical (unpaired) electrons. The third-order valence-electron chi connectivity index (χ3n) is 3.73. The van der Waals surface area contributed by atoms with Crippen LogP contribution in [0.3, 0.4) is 0 Å². The Hall–Kier alpha value is -1.01. The Morgan fingerprint density at radius 1 is 1.45 bits per heavy atom. The van der Waals surface area contributed by atoms with Gasteiger partial charge in [-0.1, -0.05) is 24.6 Å². The largest absolute Gasteiger partial charge is 0.354 e. The maximum Gasteiger partial charge on any atom is 0.237 e. The van der Waals surface area contributed by atoms with Crippen LogP contribution in [0.5, 0.6) is 0 Å². The van der Waals surface area contributed by atoms with Crippen LogP contribution in [0.1, 0.15) is 25.7 Å². The molecule has 0 aromatic carbocycles. The van der Waals surface area contributed by atoms with Gasteiger partial charge >= 0.3 is 0 Å². The summed E-state index contributed by atoms with van der Waals surface area (Å²) in [7, 11) is 4.03. The first-order chi connectivity index (χ1) is 9.68. The number of likely N-dealkylation sites (N-methyl/N-ethyl adjacent to an activating group) is 1. The number of likely N-dealkylation sites (tertiary alicyclic amines) is 1. The van der Waals surface area contributed by atoms with Crippen molar-refractivity contribution in [3.63, 3.8) is 0 Å². The number of thioether (sulfide) groups is 1. The second-order valence-corrected chi connectivity index (χ2v) is 6.37. The Morgan fingerprint density at radius 2 is 2.30 bits per heavy atom. The van der Waals surface area contributed by atoms with E-state index in [2.05, 4.69) is 22.2 Å². The molecule has 1 aromatic rings. The van der Waals surface area contributed by atoms with Gasteiger partial charge < -0.3 is 9.88 Å². The van der Waals surface area contributed by atoms with Crippen LogP contribution in [0.15, 0.2) is 17.6 Å². The summed E-state index contributed by atoms with van der Waals surface area (Å²) in [6, 6.07) is 0.0515. The first-order valence-corrected chi connectivity index (χ1v) is 8.25. The van der Waals surface area contributed by atoms with Gasteiger partial charge in [0, 0.05) is 31.7 Å². The number of aryl methyl sites for hydroxylation is 1. The summed E-state index contributed by atoms with van der Waals surface area (Å²) in [5.41, 5.74) is 0. The molecule has 6 heteroatoms. The van der Waals surface area contributed by atoms with Crippen molar-refractivity contribution in [3.05, 3.63) is 12.4 Å². The Morgan fingerprint density at radius 3 is 3.05 bits per heavy atom. The summed E-state index contributed by atoms with van der Waals surface area (Å²) < 4.78 is 1.99. The number of aromatic nitrogens is 2. The van der Waals surface area contributed by atoms with Crippen molar-refractivity contribution in [1.29, 1.82) is 0 Å². The number of nitrogens with zero attached hydrogens (tertiary/aromatic N) is 3. The summed E-state index contributed by atoms with van der Waals surface area (Å²) in [6.07, 6.45) is 8.31. The molecule has 2 rings (SSSR count). The number of nitrogens with one attached hydrogen (secondary N) is 1. The van der Waals surface area contributed by atoms with Crippen molar-refractivity contribution >= 4 is 17.7 Å². The fourth-order valence-corrected chi connectivity index (χ4v) is 3.30. The van der Waals surface area contributed by atoms with Gasteiger partial charge in [-0.2, -0.15) is 0 Å². The summed E-state index contributed by atoms with van der Waals surface area (Å²) in [5, 5.41) is 4.05. The van der Waals surface area contributed by atoms with Gasteiger partial charge in [0.05, 0.1) is 6.04 Å². The highest BCUT2D eigenvalue weighted by molar-refractivity contribution is 7.99. The highest BCUT2D eigenvalue weighted by Gasteiger charge is 2.24. The van der Waals surface area contributed by atoms with Crippen molar-refractivity contribution in [2.75, 3.05) is 25.9 Å². The molecule has 5 nitrogen and oxygen atoms in total. The molecular formula is C14H24N4OS. The SMILES string of the molecule is CN1CCCCCC1C(=O)NCCSc1nccn1C. The third-order valence-corrected chi connectivity index (χ3v) is 4.79.